The number of hydrogen-bond donors (Lipinski definition) is 1. The van der Waals surface area contributed by atoms with Gasteiger partial charge in [-0.15, -0.1) is 11.3 Å². The van der Waals surface area contributed by atoms with E-state index in [2.05, 4.69) is 21.2 Å². The molecule has 5 rings (SSSR count). The highest BCUT2D eigenvalue weighted by Gasteiger charge is 2.24. The lowest BCUT2D eigenvalue weighted by molar-refractivity contribution is 0.0529. The summed E-state index contributed by atoms with van der Waals surface area (Å²) in [4.78, 5) is 31.5. The van der Waals surface area contributed by atoms with E-state index in [1.54, 1.807) is 30.5 Å². The van der Waals surface area contributed by atoms with Gasteiger partial charge in [0.15, 0.2) is 0 Å². The Labute approximate surface area is 231 Å². The second-order valence-corrected chi connectivity index (χ2v) is 10.4. The van der Waals surface area contributed by atoms with Gasteiger partial charge in [-0.2, -0.15) is 0 Å². The highest BCUT2D eigenvalue weighted by atomic mass is 79.9. The van der Waals surface area contributed by atoms with Crippen LogP contribution in [-0.2, 0) is 4.74 Å². The van der Waals surface area contributed by atoms with Gasteiger partial charge in [0.05, 0.1) is 23.4 Å². The van der Waals surface area contributed by atoms with Gasteiger partial charge in [-0.25, -0.2) is 14.2 Å². The van der Waals surface area contributed by atoms with E-state index in [0.29, 0.717) is 38.3 Å². The lowest BCUT2D eigenvalue weighted by Crippen LogP contribution is -2.15. The minimum absolute atomic E-state index is 0.174. The molecule has 2 aromatic heterocycles. The summed E-state index contributed by atoms with van der Waals surface area (Å²) in [7, 11) is 0. The van der Waals surface area contributed by atoms with Crippen molar-refractivity contribution in [2.45, 2.75) is 13.8 Å². The molecule has 0 aliphatic carbocycles. The van der Waals surface area contributed by atoms with Crippen LogP contribution >= 0.6 is 27.3 Å². The van der Waals surface area contributed by atoms with Crippen molar-refractivity contribution < 1.29 is 18.7 Å². The number of esters is 1. The third kappa shape index (κ3) is 5.23. The van der Waals surface area contributed by atoms with Crippen LogP contribution in [0.2, 0.25) is 0 Å². The average Bonchev–Trinajstić information content (AvgIpc) is 3.32. The molecule has 8 heteroatoms. The zero-order chi connectivity index (χ0) is 26.8. The van der Waals surface area contributed by atoms with Gasteiger partial charge in [-0.3, -0.25) is 4.79 Å². The minimum Gasteiger partial charge on any atom is -0.462 e. The average molecular weight is 589 g/mol. The van der Waals surface area contributed by atoms with Crippen LogP contribution in [0.5, 0.6) is 0 Å². The first-order valence-electron chi connectivity index (χ1n) is 11.9. The zero-order valence-corrected chi connectivity index (χ0v) is 23.0. The Bertz CT molecular complexity index is 1660. The fourth-order valence-corrected chi connectivity index (χ4v) is 5.44. The van der Waals surface area contributed by atoms with Gasteiger partial charge in [0.2, 0.25) is 0 Å². The quantitative estimate of drug-likeness (QED) is 0.203. The predicted octanol–water partition coefficient (Wildman–Crippen LogP) is 8.27. The molecular formula is C30H22BrFN2O3S. The van der Waals surface area contributed by atoms with E-state index in [0.717, 1.165) is 15.6 Å². The van der Waals surface area contributed by atoms with E-state index in [1.165, 1.54) is 23.5 Å². The number of fused-ring (bicyclic) bond motifs is 1. The van der Waals surface area contributed by atoms with Crippen LogP contribution in [0.1, 0.15) is 33.2 Å². The van der Waals surface area contributed by atoms with E-state index in [1.807, 2.05) is 49.4 Å². The number of rotatable bonds is 6. The van der Waals surface area contributed by atoms with Crippen LogP contribution in [0.4, 0.5) is 9.39 Å². The van der Waals surface area contributed by atoms with Crippen LogP contribution in [0.25, 0.3) is 33.3 Å². The molecule has 0 aliphatic heterocycles. The number of benzene rings is 3. The first-order chi connectivity index (χ1) is 18.3. The van der Waals surface area contributed by atoms with Gasteiger partial charge in [-0.05, 0) is 55.8 Å². The molecule has 0 spiro atoms. The zero-order valence-electron chi connectivity index (χ0n) is 20.5. The number of thiophene rings is 1. The summed E-state index contributed by atoms with van der Waals surface area (Å²) < 4.78 is 19.6. The SMILES string of the molecule is CCOC(=O)c1c(-c2ccc(F)cc2)csc1NC(=O)c1cc(-c2ccc(C)cc2)nc2ccc(Br)cc12. The molecule has 0 bridgehead atoms. The van der Waals surface area contributed by atoms with Crippen LogP contribution in [0, 0.1) is 12.7 Å². The van der Waals surface area contributed by atoms with Gasteiger partial charge < -0.3 is 10.1 Å². The maximum Gasteiger partial charge on any atom is 0.341 e. The number of carbonyl (C=O) groups excluding carboxylic acids is 2. The number of ether oxygens (including phenoxy) is 1. The van der Waals surface area contributed by atoms with Crippen molar-refractivity contribution in [2.75, 3.05) is 11.9 Å². The fourth-order valence-electron chi connectivity index (χ4n) is 4.13. The number of hydrogen-bond acceptors (Lipinski definition) is 5. The molecule has 0 atom stereocenters. The van der Waals surface area contributed by atoms with Gasteiger partial charge in [-0.1, -0.05) is 57.9 Å². The molecule has 1 N–H and O–H groups in total. The smallest absolute Gasteiger partial charge is 0.341 e. The summed E-state index contributed by atoms with van der Waals surface area (Å²) in [5.74, 6) is -1.33. The Morgan fingerprint density at radius 1 is 1.00 bits per heavy atom. The first kappa shape index (κ1) is 25.8. The fraction of sp³-hybridized carbons (Fsp3) is 0.100. The Morgan fingerprint density at radius 2 is 1.71 bits per heavy atom. The summed E-state index contributed by atoms with van der Waals surface area (Å²) in [5, 5.41) is 5.71. The van der Waals surface area contributed by atoms with Crippen molar-refractivity contribution in [1.29, 1.82) is 0 Å². The molecule has 2 heterocycles. The van der Waals surface area contributed by atoms with E-state index < -0.39 is 5.97 Å². The molecule has 5 aromatic rings. The maximum atomic E-state index is 13.8. The van der Waals surface area contributed by atoms with Crippen LogP contribution < -0.4 is 5.32 Å². The van der Waals surface area contributed by atoms with E-state index in [9.17, 15) is 14.0 Å². The number of aromatic nitrogens is 1. The van der Waals surface area contributed by atoms with E-state index >= 15 is 0 Å². The largest absolute Gasteiger partial charge is 0.462 e. The number of anilines is 1. The first-order valence-corrected chi connectivity index (χ1v) is 13.5. The highest BCUT2D eigenvalue weighted by Crippen LogP contribution is 2.37. The molecule has 0 fully saturated rings. The molecule has 190 valence electrons. The molecule has 0 aliphatic rings. The maximum absolute atomic E-state index is 13.8. The number of pyridine rings is 1. The van der Waals surface area contributed by atoms with Gasteiger partial charge >= 0.3 is 5.97 Å². The second kappa shape index (κ2) is 10.8. The number of nitrogens with zero attached hydrogens (tertiary/aromatic N) is 1. The van der Waals surface area contributed by atoms with Crippen LogP contribution in [0.15, 0.2) is 82.6 Å². The lowest BCUT2D eigenvalue weighted by Gasteiger charge is -2.12. The van der Waals surface area contributed by atoms with Crippen molar-refractivity contribution >= 4 is 55.0 Å². The monoisotopic (exact) mass is 588 g/mol. The Kier molecular flexibility index (Phi) is 7.35. The van der Waals surface area contributed by atoms with Gasteiger partial charge in [0.25, 0.3) is 5.91 Å². The van der Waals surface area contributed by atoms with Crippen molar-refractivity contribution in [1.82, 2.24) is 4.98 Å². The summed E-state index contributed by atoms with van der Waals surface area (Å²) in [6, 6.07) is 21.1. The molecule has 38 heavy (non-hydrogen) atoms. The summed E-state index contributed by atoms with van der Waals surface area (Å²) in [6.45, 7) is 3.90. The van der Waals surface area contributed by atoms with Crippen molar-refractivity contribution in [3.05, 3.63) is 105 Å². The van der Waals surface area contributed by atoms with Crippen molar-refractivity contribution in [3.8, 4) is 22.4 Å². The van der Waals surface area contributed by atoms with Crippen LogP contribution in [-0.4, -0.2) is 23.5 Å². The van der Waals surface area contributed by atoms with Crippen molar-refractivity contribution in [3.63, 3.8) is 0 Å². The third-order valence-corrected chi connectivity index (χ3v) is 7.40. The standard InChI is InChI=1S/C30H22BrFN2O3S/c1-3-37-30(36)27-24(18-8-11-21(32)12-9-18)16-38-29(27)34-28(35)23-15-26(19-6-4-17(2)5-7-19)33-25-13-10-20(31)14-22(23)25/h4-16H,3H2,1-2H3,(H,34,35). The molecule has 3 aromatic carbocycles. The minimum atomic E-state index is -0.564. The highest BCUT2D eigenvalue weighted by molar-refractivity contribution is 9.10. The number of aryl methyl sites for hydroxylation is 1. The van der Waals surface area contributed by atoms with E-state index in [-0.39, 0.29) is 23.9 Å². The Hall–Kier alpha value is -3.88. The topological polar surface area (TPSA) is 68.3 Å². The molecule has 5 nitrogen and oxygen atoms in total. The molecule has 0 saturated carbocycles. The van der Waals surface area contributed by atoms with Gasteiger partial charge in [0.1, 0.15) is 16.4 Å². The van der Waals surface area contributed by atoms with Crippen molar-refractivity contribution in [2.24, 2.45) is 0 Å². The number of nitrogens with one attached hydrogen (secondary N) is 1. The Balaban J connectivity index is 1.59. The molecule has 1 amide bonds. The molecular weight excluding hydrogens is 567 g/mol. The van der Waals surface area contributed by atoms with Crippen LogP contribution in [0.3, 0.4) is 0 Å². The lowest BCUT2D eigenvalue weighted by atomic mass is 10.0. The molecule has 0 unspecified atom stereocenters. The normalized spacial score (nSPS) is 10.9. The summed E-state index contributed by atoms with van der Waals surface area (Å²) in [6.07, 6.45) is 0. The summed E-state index contributed by atoms with van der Waals surface area (Å²) in [5.41, 5.74) is 5.19. The Morgan fingerprint density at radius 3 is 2.42 bits per heavy atom. The van der Waals surface area contributed by atoms with Gasteiger partial charge in [0, 0.05) is 26.4 Å². The molecule has 0 saturated heterocycles. The van der Waals surface area contributed by atoms with E-state index in [4.69, 9.17) is 9.72 Å². The summed E-state index contributed by atoms with van der Waals surface area (Å²) >= 11 is 4.70. The second-order valence-electron chi connectivity index (χ2n) is 8.62. The molecule has 0 radical (unpaired) electrons. The predicted molar refractivity (Wildman–Crippen MR) is 153 cm³/mol. The third-order valence-electron chi connectivity index (χ3n) is 6.02. The number of carbonyl (C=O) groups is 2. The number of amides is 1. The number of halogens is 2.